The fourth-order valence-corrected chi connectivity index (χ4v) is 2.33. The molecule has 1 heterocycles. The lowest BCUT2D eigenvalue weighted by Crippen LogP contribution is -2.12. The first-order chi connectivity index (χ1) is 12.4. The fraction of sp³-hybridized carbons (Fsp3) is 0. The summed E-state index contributed by atoms with van der Waals surface area (Å²) in [5, 5.41) is 5.35. The van der Waals surface area contributed by atoms with Crippen molar-refractivity contribution in [1.82, 2.24) is 4.98 Å². The Balaban J connectivity index is 1.76. The van der Waals surface area contributed by atoms with Gasteiger partial charge in [0.2, 0.25) is 0 Å². The van der Waals surface area contributed by atoms with E-state index in [-0.39, 0.29) is 16.3 Å². The highest BCUT2D eigenvalue weighted by atomic mass is 35.5. The lowest BCUT2D eigenvalue weighted by Gasteiger charge is -2.09. The van der Waals surface area contributed by atoms with Crippen molar-refractivity contribution in [2.24, 2.45) is 0 Å². The Hall–Kier alpha value is -3.06. The molecule has 3 aromatic rings. The molecule has 0 spiro atoms. The molecule has 0 saturated carbocycles. The Morgan fingerprint density at radius 1 is 0.846 bits per heavy atom. The van der Waals surface area contributed by atoms with Gasteiger partial charge >= 0.3 is 0 Å². The monoisotopic (exact) mass is 377 g/mol. The normalized spacial score (nSPS) is 10.5. The summed E-state index contributed by atoms with van der Waals surface area (Å²) >= 11 is 5.72. The van der Waals surface area contributed by atoms with Gasteiger partial charge in [0, 0.05) is 23.6 Å². The minimum absolute atomic E-state index is 0.0461. The molecule has 132 valence electrons. The highest BCUT2D eigenvalue weighted by molar-refractivity contribution is 6.31. The van der Waals surface area contributed by atoms with E-state index in [0.717, 1.165) is 12.1 Å². The largest absolute Gasteiger partial charge is 0.354 e. The van der Waals surface area contributed by atoms with Gasteiger partial charge in [0.1, 0.15) is 5.82 Å². The smallest absolute Gasteiger partial charge is 0.257 e. The number of aromatic nitrogens is 1. The molecular weight excluding hydrogens is 367 g/mol. The third-order valence-corrected chi connectivity index (χ3v) is 3.68. The zero-order valence-electron chi connectivity index (χ0n) is 13.1. The SMILES string of the molecule is O=C(Nc1ccc(F)c(F)c1)c1cncc(Nc2ccc(F)c(Cl)c2)c1. The van der Waals surface area contributed by atoms with Crippen LogP contribution in [0.3, 0.4) is 0 Å². The Kier molecular flexibility index (Phi) is 5.09. The van der Waals surface area contributed by atoms with Gasteiger partial charge in [-0.05, 0) is 36.4 Å². The molecule has 0 fully saturated rings. The van der Waals surface area contributed by atoms with E-state index in [9.17, 15) is 18.0 Å². The number of rotatable bonds is 4. The molecule has 0 saturated heterocycles. The molecule has 0 unspecified atom stereocenters. The van der Waals surface area contributed by atoms with Gasteiger partial charge in [0.25, 0.3) is 5.91 Å². The number of nitrogens with zero attached hydrogens (tertiary/aromatic N) is 1. The Labute approximate surface area is 151 Å². The number of nitrogens with one attached hydrogen (secondary N) is 2. The van der Waals surface area contributed by atoms with E-state index in [1.165, 1.54) is 42.7 Å². The molecule has 2 aromatic carbocycles. The summed E-state index contributed by atoms with van der Waals surface area (Å²) in [7, 11) is 0. The van der Waals surface area contributed by atoms with Gasteiger partial charge in [-0.3, -0.25) is 9.78 Å². The van der Waals surface area contributed by atoms with Crippen molar-refractivity contribution in [2.75, 3.05) is 10.6 Å². The van der Waals surface area contributed by atoms with Crippen LogP contribution >= 0.6 is 11.6 Å². The fourth-order valence-electron chi connectivity index (χ4n) is 2.15. The molecule has 4 nitrogen and oxygen atoms in total. The molecule has 26 heavy (non-hydrogen) atoms. The van der Waals surface area contributed by atoms with Gasteiger partial charge in [-0.15, -0.1) is 0 Å². The molecule has 8 heteroatoms. The van der Waals surface area contributed by atoms with Crippen molar-refractivity contribution in [3.63, 3.8) is 0 Å². The molecule has 1 aromatic heterocycles. The van der Waals surface area contributed by atoms with Crippen LogP contribution in [0.4, 0.5) is 30.2 Å². The summed E-state index contributed by atoms with van der Waals surface area (Å²) in [5.74, 6) is -3.17. The van der Waals surface area contributed by atoms with Crippen LogP contribution in [0, 0.1) is 17.5 Å². The van der Waals surface area contributed by atoms with E-state index < -0.39 is 23.4 Å². The number of amides is 1. The highest BCUT2D eigenvalue weighted by Crippen LogP contribution is 2.23. The lowest BCUT2D eigenvalue weighted by molar-refractivity contribution is 0.102. The first-order valence-corrected chi connectivity index (χ1v) is 7.74. The molecule has 0 atom stereocenters. The first kappa shape index (κ1) is 17.8. The maximum Gasteiger partial charge on any atom is 0.257 e. The minimum atomic E-state index is -1.07. The van der Waals surface area contributed by atoms with E-state index in [1.807, 2.05) is 0 Å². The van der Waals surface area contributed by atoms with Crippen molar-refractivity contribution in [3.8, 4) is 0 Å². The molecule has 0 aliphatic heterocycles. The molecular formula is C18H11ClF3N3O. The Bertz CT molecular complexity index is 982. The van der Waals surface area contributed by atoms with Crippen LogP contribution in [0.2, 0.25) is 5.02 Å². The van der Waals surface area contributed by atoms with E-state index >= 15 is 0 Å². The predicted molar refractivity (Wildman–Crippen MR) is 93.2 cm³/mol. The second kappa shape index (κ2) is 7.45. The summed E-state index contributed by atoms with van der Waals surface area (Å²) in [6.07, 6.45) is 2.78. The van der Waals surface area contributed by atoms with Crippen molar-refractivity contribution in [2.45, 2.75) is 0 Å². The van der Waals surface area contributed by atoms with Crippen molar-refractivity contribution in [1.29, 1.82) is 0 Å². The summed E-state index contributed by atoms with van der Waals surface area (Å²) in [6.45, 7) is 0. The van der Waals surface area contributed by atoms with Gasteiger partial charge in [-0.2, -0.15) is 0 Å². The van der Waals surface area contributed by atoms with Gasteiger partial charge < -0.3 is 10.6 Å². The van der Waals surface area contributed by atoms with Gasteiger partial charge in [-0.25, -0.2) is 13.2 Å². The van der Waals surface area contributed by atoms with Crippen molar-refractivity contribution >= 4 is 34.6 Å². The lowest BCUT2D eigenvalue weighted by atomic mass is 10.2. The zero-order valence-corrected chi connectivity index (χ0v) is 13.8. The van der Waals surface area contributed by atoms with E-state index in [1.54, 1.807) is 0 Å². The number of halogens is 4. The second-order valence-corrected chi connectivity index (χ2v) is 5.71. The third-order valence-electron chi connectivity index (χ3n) is 3.39. The number of pyridine rings is 1. The molecule has 1 amide bonds. The summed E-state index contributed by atoms with van der Waals surface area (Å²) in [4.78, 5) is 16.2. The Morgan fingerprint density at radius 3 is 2.31 bits per heavy atom. The number of anilines is 3. The van der Waals surface area contributed by atoms with Crippen LogP contribution in [0.1, 0.15) is 10.4 Å². The van der Waals surface area contributed by atoms with Gasteiger partial charge in [-0.1, -0.05) is 11.6 Å². The summed E-state index contributed by atoms with van der Waals surface area (Å²) in [6, 6.07) is 8.62. The van der Waals surface area contributed by atoms with E-state index in [4.69, 9.17) is 11.6 Å². The van der Waals surface area contributed by atoms with E-state index in [0.29, 0.717) is 11.4 Å². The standard InChI is InChI=1S/C18H11ClF3N3O/c19-14-6-11(1-3-15(14)20)24-13-5-10(8-23-9-13)18(26)25-12-2-4-16(21)17(22)7-12/h1-9,24H,(H,25,26). The summed E-state index contributed by atoms with van der Waals surface area (Å²) in [5.41, 5.74) is 1.27. The Morgan fingerprint density at radius 2 is 1.58 bits per heavy atom. The number of hydrogen-bond acceptors (Lipinski definition) is 3. The van der Waals surface area contributed by atoms with E-state index in [2.05, 4.69) is 15.6 Å². The number of carbonyl (C=O) groups is 1. The molecule has 0 bridgehead atoms. The molecule has 0 aliphatic rings. The predicted octanol–water partition coefficient (Wildman–Crippen LogP) is 5.15. The zero-order chi connectivity index (χ0) is 18.7. The molecule has 3 rings (SSSR count). The van der Waals surface area contributed by atoms with Crippen LogP contribution in [0.25, 0.3) is 0 Å². The quantitative estimate of drug-likeness (QED) is 0.661. The van der Waals surface area contributed by atoms with Crippen LogP contribution < -0.4 is 10.6 Å². The third kappa shape index (κ3) is 4.12. The van der Waals surface area contributed by atoms with Crippen LogP contribution in [-0.2, 0) is 0 Å². The second-order valence-electron chi connectivity index (χ2n) is 5.30. The number of hydrogen-bond donors (Lipinski definition) is 2. The first-order valence-electron chi connectivity index (χ1n) is 7.36. The van der Waals surface area contributed by atoms with Gasteiger partial charge in [0.15, 0.2) is 11.6 Å². The summed E-state index contributed by atoms with van der Waals surface area (Å²) < 4.78 is 39.3. The van der Waals surface area contributed by atoms with Crippen LogP contribution in [-0.4, -0.2) is 10.9 Å². The maximum atomic E-state index is 13.2. The van der Waals surface area contributed by atoms with Crippen LogP contribution in [0.15, 0.2) is 54.9 Å². The van der Waals surface area contributed by atoms with Crippen LogP contribution in [0.5, 0.6) is 0 Å². The van der Waals surface area contributed by atoms with Crippen molar-refractivity contribution in [3.05, 3.63) is 82.9 Å². The maximum absolute atomic E-state index is 13.2. The number of carbonyl (C=O) groups excluding carboxylic acids is 1. The average molecular weight is 378 g/mol. The van der Waals surface area contributed by atoms with Gasteiger partial charge in [0.05, 0.1) is 22.5 Å². The average Bonchev–Trinajstić information content (AvgIpc) is 2.61. The van der Waals surface area contributed by atoms with Crippen molar-refractivity contribution < 1.29 is 18.0 Å². The number of benzene rings is 2. The topological polar surface area (TPSA) is 54.0 Å². The molecule has 0 aliphatic carbocycles. The molecule has 0 radical (unpaired) electrons. The minimum Gasteiger partial charge on any atom is -0.354 e. The highest BCUT2D eigenvalue weighted by Gasteiger charge is 2.10. The molecule has 2 N–H and O–H groups in total.